The van der Waals surface area contributed by atoms with Crippen molar-refractivity contribution >= 4 is 5.78 Å². The molecule has 0 saturated heterocycles. The van der Waals surface area contributed by atoms with E-state index in [1.165, 1.54) is 11.1 Å². The molecule has 1 heteroatoms. The molecule has 0 saturated carbocycles. The average Bonchev–Trinajstić information content (AvgIpc) is 3.02. The highest BCUT2D eigenvalue weighted by atomic mass is 16.1. The molecule has 0 radical (unpaired) electrons. The molecule has 1 aliphatic rings. The van der Waals surface area contributed by atoms with Crippen molar-refractivity contribution in [2.45, 2.75) is 0 Å². The third-order valence-corrected chi connectivity index (χ3v) is 5.05. The topological polar surface area (TPSA) is 17.1 Å². The van der Waals surface area contributed by atoms with E-state index >= 15 is 0 Å². The molecule has 0 amide bonds. The number of benzene rings is 4. The largest absolute Gasteiger partial charge is 0.289 e. The number of ketones is 1. The summed E-state index contributed by atoms with van der Waals surface area (Å²) in [5, 5.41) is 0. The number of hydrogen-bond donors (Lipinski definition) is 0. The smallest absolute Gasteiger partial charge is 0.194 e. The minimum atomic E-state index is 0.123. The van der Waals surface area contributed by atoms with E-state index in [0.717, 1.165) is 33.4 Å². The lowest BCUT2D eigenvalue weighted by atomic mass is 9.93. The van der Waals surface area contributed by atoms with Crippen molar-refractivity contribution in [3.8, 4) is 33.4 Å². The summed E-state index contributed by atoms with van der Waals surface area (Å²) in [6.45, 7) is 0. The van der Waals surface area contributed by atoms with Crippen molar-refractivity contribution in [1.82, 2.24) is 0 Å². The Morgan fingerprint density at radius 1 is 0.385 bits per heavy atom. The van der Waals surface area contributed by atoms with E-state index in [1.807, 2.05) is 42.5 Å². The first-order valence-electron chi connectivity index (χ1n) is 8.76. The fourth-order valence-corrected chi connectivity index (χ4v) is 3.79. The van der Waals surface area contributed by atoms with Gasteiger partial charge in [0.05, 0.1) is 0 Å². The normalized spacial score (nSPS) is 11.9. The number of carbonyl (C=O) groups excluding carboxylic acids is 1. The summed E-state index contributed by atoms with van der Waals surface area (Å²) in [7, 11) is 0. The molecular formula is C25H16O. The van der Waals surface area contributed by atoms with Gasteiger partial charge in [-0.3, -0.25) is 4.79 Å². The summed E-state index contributed by atoms with van der Waals surface area (Å²) in [5.74, 6) is 0.123. The number of rotatable bonds is 2. The molecule has 4 aromatic rings. The molecule has 0 aromatic heterocycles. The van der Waals surface area contributed by atoms with Gasteiger partial charge < -0.3 is 0 Å². The molecule has 0 heterocycles. The maximum absolute atomic E-state index is 12.7. The van der Waals surface area contributed by atoms with Crippen LogP contribution in [0.15, 0.2) is 97.1 Å². The van der Waals surface area contributed by atoms with Crippen molar-refractivity contribution in [3.63, 3.8) is 0 Å². The number of fused-ring (bicyclic) bond motifs is 3. The Morgan fingerprint density at radius 2 is 0.923 bits per heavy atom. The van der Waals surface area contributed by atoms with Crippen LogP contribution in [-0.2, 0) is 0 Å². The van der Waals surface area contributed by atoms with Gasteiger partial charge in [-0.25, -0.2) is 0 Å². The summed E-state index contributed by atoms with van der Waals surface area (Å²) in [4.78, 5) is 12.7. The summed E-state index contributed by atoms with van der Waals surface area (Å²) >= 11 is 0. The molecule has 122 valence electrons. The van der Waals surface area contributed by atoms with Gasteiger partial charge in [-0.1, -0.05) is 97.1 Å². The first-order chi connectivity index (χ1) is 12.8. The Hall–Kier alpha value is -3.45. The van der Waals surface area contributed by atoms with Gasteiger partial charge in [-0.15, -0.1) is 0 Å². The Bertz CT molecular complexity index is 1120. The van der Waals surface area contributed by atoms with Crippen LogP contribution in [0.25, 0.3) is 33.4 Å². The zero-order valence-electron chi connectivity index (χ0n) is 14.1. The summed E-state index contributed by atoms with van der Waals surface area (Å²) in [5.41, 5.74) is 8.34. The average molecular weight is 332 g/mol. The first kappa shape index (κ1) is 14.9. The van der Waals surface area contributed by atoms with Crippen LogP contribution in [0, 0.1) is 0 Å². The minimum absolute atomic E-state index is 0.123. The van der Waals surface area contributed by atoms with Crippen LogP contribution < -0.4 is 0 Å². The lowest BCUT2D eigenvalue weighted by Crippen LogP contribution is -1.94. The predicted molar refractivity (Wildman–Crippen MR) is 106 cm³/mol. The third kappa shape index (κ3) is 2.21. The van der Waals surface area contributed by atoms with Crippen LogP contribution >= 0.6 is 0 Å². The van der Waals surface area contributed by atoms with Crippen molar-refractivity contribution in [3.05, 3.63) is 108 Å². The summed E-state index contributed by atoms with van der Waals surface area (Å²) in [6.07, 6.45) is 0. The fraction of sp³-hybridized carbons (Fsp3) is 0. The molecule has 0 unspecified atom stereocenters. The van der Waals surface area contributed by atoms with E-state index in [-0.39, 0.29) is 5.78 Å². The Kier molecular flexibility index (Phi) is 3.32. The fourth-order valence-electron chi connectivity index (χ4n) is 3.79. The zero-order valence-corrected chi connectivity index (χ0v) is 14.1. The molecule has 1 nitrogen and oxygen atoms in total. The Labute approximate surface area is 152 Å². The minimum Gasteiger partial charge on any atom is -0.289 e. The zero-order chi connectivity index (χ0) is 17.5. The van der Waals surface area contributed by atoms with Crippen LogP contribution in [0.3, 0.4) is 0 Å². The molecule has 0 fully saturated rings. The second-order valence-electron chi connectivity index (χ2n) is 6.55. The highest BCUT2D eigenvalue weighted by Gasteiger charge is 2.28. The maximum Gasteiger partial charge on any atom is 0.194 e. The van der Waals surface area contributed by atoms with Gasteiger partial charge in [0.2, 0.25) is 0 Å². The molecule has 26 heavy (non-hydrogen) atoms. The van der Waals surface area contributed by atoms with Crippen molar-refractivity contribution < 1.29 is 4.79 Å². The molecule has 4 aromatic carbocycles. The highest BCUT2D eigenvalue weighted by Crippen LogP contribution is 2.42. The van der Waals surface area contributed by atoms with E-state index in [0.29, 0.717) is 0 Å². The van der Waals surface area contributed by atoms with Gasteiger partial charge in [0.25, 0.3) is 0 Å². The SMILES string of the molecule is O=C1c2ccccc2-c2c1cccc2-c1ccc(-c2ccccc2)cc1. The first-order valence-corrected chi connectivity index (χ1v) is 8.76. The second kappa shape index (κ2) is 5.82. The Morgan fingerprint density at radius 3 is 1.69 bits per heavy atom. The lowest BCUT2D eigenvalue weighted by Gasteiger charge is -2.10. The monoisotopic (exact) mass is 332 g/mol. The molecule has 0 aliphatic heterocycles. The van der Waals surface area contributed by atoms with E-state index in [9.17, 15) is 4.79 Å². The molecular weight excluding hydrogens is 316 g/mol. The highest BCUT2D eigenvalue weighted by molar-refractivity contribution is 6.23. The van der Waals surface area contributed by atoms with Crippen LogP contribution in [0.1, 0.15) is 15.9 Å². The Balaban J connectivity index is 1.65. The van der Waals surface area contributed by atoms with Gasteiger partial charge in [0.15, 0.2) is 5.78 Å². The summed E-state index contributed by atoms with van der Waals surface area (Å²) < 4.78 is 0. The van der Waals surface area contributed by atoms with Crippen molar-refractivity contribution in [2.24, 2.45) is 0 Å². The van der Waals surface area contributed by atoms with Gasteiger partial charge in [-0.05, 0) is 27.8 Å². The molecule has 1 aliphatic carbocycles. The molecule has 0 bridgehead atoms. The van der Waals surface area contributed by atoms with Crippen LogP contribution in [0.2, 0.25) is 0 Å². The van der Waals surface area contributed by atoms with Gasteiger partial charge >= 0.3 is 0 Å². The summed E-state index contributed by atoms with van der Waals surface area (Å²) in [6, 6.07) is 32.8. The maximum atomic E-state index is 12.7. The van der Waals surface area contributed by atoms with E-state index in [4.69, 9.17) is 0 Å². The van der Waals surface area contributed by atoms with Crippen LogP contribution in [0.5, 0.6) is 0 Å². The predicted octanol–water partition coefficient (Wildman–Crippen LogP) is 6.23. The lowest BCUT2D eigenvalue weighted by molar-refractivity contribution is 0.104. The van der Waals surface area contributed by atoms with E-state index in [1.54, 1.807) is 0 Å². The second-order valence-corrected chi connectivity index (χ2v) is 6.55. The molecule has 0 atom stereocenters. The third-order valence-electron chi connectivity index (χ3n) is 5.05. The van der Waals surface area contributed by atoms with Crippen LogP contribution in [0.4, 0.5) is 0 Å². The van der Waals surface area contributed by atoms with Gasteiger partial charge in [-0.2, -0.15) is 0 Å². The van der Waals surface area contributed by atoms with Crippen molar-refractivity contribution in [2.75, 3.05) is 0 Å². The molecule has 0 spiro atoms. The van der Waals surface area contributed by atoms with Crippen molar-refractivity contribution in [1.29, 1.82) is 0 Å². The molecule has 0 N–H and O–H groups in total. The van der Waals surface area contributed by atoms with Crippen LogP contribution in [-0.4, -0.2) is 5.78 Å². The quantitative estimate of drug-likeness (QED) is 0.374. The van der Waals surface area contributed by atoms with Gasteiger partial charge in [0.1, 0.15) is 0 Å². The number of hydrogen-bond acceptors (Lipinski definition) is 1. The standard InChI is InChI=1S/C25H16O/c26-25-22-10-5-4-9-21(22)24-20(11-6-12-23(24)25)19-15-13-18(14-16-19)17-7-2-1-3-8-17/h1-16H. The number of carbonyl (C=O) groups is 1. The van der Waals surface area contributed by atoms with Gasteiger partial charge in [0, 0.05) is 16.7 Å². The van der Waals surface area contributed by atoms with E-state index < -0.39 is 0 Å². The van der Waals surface area contributed by atoms with E-state index in [2.05, 4.69) is 54.6 Å². The molecule has 5 rings (SSSR count).